The molecule has 0 radical (unpaired) electrons. The van der Waals surface area contributed by atoms with E-state index in [9.17, 15) is 9.90 Å². The van der Waals surface area contributed by atoms with Crippen molar-refractivity contribution in [2.45, 2.75) is 5.60 Å². The van der Waals surface area contributed by atoms with Crippen LogP contribution in [0, 0.1) is 0 Å². The summed E-state index contributed by atoms with van der Waals surface area (Å²) in [5.41, 5.74) is 0.845. The maximum atomic E-state index is 13.6. The number of hydrogen-bond donors (Lipinski definition) is 1. The molecule has 1 heterocycles. The van der Waals surface area contributed by atoms with E-state index in [0.717, 1.165) is 10.9 Å². The molecule has 0 fully saturated rings. The minimum absolute atomic E-state index is 0.327. The number of rotatable bonds is 4. The van der Waals surface area contributed by atoms with Crippen molar-refractivity contribution >= 4 is 16.7 Å². The van der Waals surface area contributed by atoms with Gasteiger partial charge in [-0.15, -0.1) is 0 Å². The Balaban J connectivity index is 1.96. The highest BCUT2D eigenvalue weighted by Gasteiger charge is 2.41. The van der Waals surface area contributed by atoms with E-state index in [1.807, 2.05) is 72.3 Å². The smallest absolute Gasteiger partial charge is 0.205 e. The minimum atomic E-state index is -1.74. The molecule has 1 N–H and O–H groups in total. The molecule has 3 heteroatoms. The number of carbonyl (C=O) groups excluding carboxylic acids is 1. The standard InChI is InChI=1S/C23H19NO2/c1-24-16-20(19-14-8-9-15-21(19)24)22(25)23(26,17-10-4-2-5-11-17)18-12-6-3-7-13-18/h2-16,26H,1H3. The number of aromatic nitrogens is 1. The molecular formula is C23H19NO2. The van der Waals surface area contributed by atoms with E-state index in [2.05, 4.69) is 0 Å². The van der Waals surface area contributed by atoms with E-state index >= 15 is 0 Å². The Hall–Kier alpha value is -3.17. The van der Waals surface area contributed by atoms with Crippen LogP contribution in [0.3, 0.4) is 0 Å². The molecule has 0 saturated heterocycles. The molecule has 4 aromatic rings. The first-order chi connectivity index (χ1) is 12.6. The average Bonchev–Trinajstić information content (AvgIpc) is 3.05. The summed E-state index contributed by atoms with van der Waals surface area (Å²) >= 11 is 0. The molecule has 3 nitrogen and oxygen atoms in total. The van der Waals surface area contributed by atoms with Gasteiger partial charge >= 0.3 is 0 Å². The van der Waals surface area contributed by atoms with Crippen molar-refractivity contribution in [3.05, 3.63) is 108 Å². The summed E-state index contributed by atoms with van der Waals surface area (Å²) in [5, 5.41) is 12.5. The average molecular weight is 341 g/mol. The minimum Gasteiger partial charge on any atom is -0.373 e. The van der Waals surface area contributed by atoms with Crippen molar-refractivity contribution in [1.29, 1.82) is 0 Å². The van der Waals surface area contributed by atoms with Gasteiger partial charge in [0.2, 0.25) is 5.78 Å². The number of carbonyl (C=O) groups is 1. The van der Waals surface area contributed by atoms with Gasteiger partial charge in [0.15, 0.2) is 5.60 Å². The Morgan fingerprint density at radius 2 is 1.31 bits per heavy atom. The van der Waals surface area contributed by atoms with Gasteiger partial charge in [-0.1, -0.05) is 78.9 Å². The Kier molecular flexibility index (Phi) is 3.94. The maximum absolute atomic E-state index is 13.6. The zero-order valence-electron chi connectivity index (χ0n) is 14.5. The second-order valence-electron chi connectivity index (χ2n) is 6.44. The molecule has 0 aliphatic rings. The van der Waals surface area contributed by atoms with E-state index in [-0.39, 0.29) is 5.78 Å². The Morgan fingerprint density at radius 3 is 1.88 bits per heavy atom. The van der Waals surface area contributed by atoms with Crippen molar-refractivity contribution < 1.29 is 9.90 Å². The molecule has 0 aliphatic heterocycles. The Bertz CT molecular complexity index is 1030. The number of aryl methyl sites for hydroxylation is 1. The fourth-order valence-electron chi connectivity index (χ4n) is 3.51. The predicted octanol–water partition coefficient (Wildman–Crippen LogP) is 4.30. The van der Waals surface area contributed by atoms with Crippen LogP contribution in [0.15, 0.2) is 91.1 Å². The van der Waals surface area contributed by atoms with Crippen LogP contribution >= 0.6 is 0 Å². The van der Waals surface area contributed by atoms with E-state index in [1.165, 1.54) is 0 Å². The lowest BCUT2D eigenvalue weighted by molar-refractivity contribution is 0.0489. The lowest BCUT2D eigenvalue weighted by Gasteiger charge is -2.27. The van der Waals surface area contributed by atoms with Crippen molar-refractivity contribution in [2.24, 2.45) is 7.05 Å². The van der Waals surface area contributed by atoms with E-state index < -0.39 is 5.60 Å². The Morgan fingerprint density at radius 1 is 0.808 bits per heavy atom. The van der Waals surface area contributed by atoms with Gasteiger partial charge in [-0.2, -0.15) is 0 Å². The van der Waals surface area contributed by atoms with Crippen LogP contribution in [0.1, 0.15) is 21.5 Å². The third kappa shape index (κ3) is 2.45. The third-order valence-corrected chi connectivity index (χ3v) is 4.85. The molecule has 0 amide bonds. The van der Waals surface area contributed by atoms with Crippen LogP contribution in [0.25, 0.3) is 10.9 Å². The highest BCUT2D eigenvalue weighted by molar-refractivity contribution is 6.13. The molecule has 3 aromatic carbocycles. The molecule has 1 aromatic heterocycles. The van der Waals surface area contributed by atoms with Gasteiger partial charge < -0.3 is 9.67 Å². The summed E-state index contributed by atoms with van der Waals surface area (Å²) in [5.74, 6) is -0.327. The van der Waals surface area contributed by atoms with Crippen LogP contribution < -0.4 is 0 Å². The van der Waals surface area contributed by atoms with Gasteiger partial charge in [-0.05, 0) is 17.2 Å². The van der Waals surface area contributed by atoms with E-state index in [0.29, 0.717) is 16.7 Å². The lowest BCUT2D eigenvalue weighted by Crippen LogP contribution is -2.37. The van der Waals surface area contributed by atoms with Gasteiger partial charge in [-0.3, -0.25) is 4.79 Å². The van der Waals surface area contributed by atoms with Crippen molar-refractivity contribution in [3.63, 3.8) is 0 Å². The predicted molar refractivity (Wildman–Crippen MR) is 103 cm³/mol. The fraction of sp³-hybridized carbons (Fsp3) is 0.0870. The molecule has 128 valence electrons. The molecule has 0 unspecified atom stereocenters. The van der Waals surface area contributed by atoms with Crippen molar-refractivity contribution in [1.82, 2.24) is 4.57 Å². The van der Waals surface area contributed by atoms with Gasteiger partial charge in [0, 0.05) is 29.7 Å². The number of benzene rings is 3. The van der Waals surface area contributed by atoms with Crippen LogP contribution in [0.5, 0.6) is 0 Å². The first-order valence-electron chi connectivity index (χ1n) is 8.54. The zero-order chi connectivity index (χ0) is 18.1. The van der Waals surface area contributed by atoms with Gasteiger partial charge in [0.1, 0.15) is 0 Å². The van der Waals surface area contributed by atoms with Crippen LogP contribution in [0.2, 0.25) is 0 Å². The zero-order valence-corrected chi connectivity index (χ0v) is 14.5. The highest BCUT2D eigenvalue weighted by atomic mass is 16.3. The normalized spacial score (nSPS) is 11.6. The number of para-hydroxylation sites is 1. The van der Waals surface area contributed by atoms with Crippen LogP contribution in [0.4, 0.5) is 0 Å². The number of aliphatic hydroxyl groups is 1. The SMILES string of the molecule is Cn1cc(C(=O)C(O)(c2ccccc2)c2ccccc2)c2ccccc21. The molecule has 0 aliphatic carbocycles. The monoisotopic (exact) mass is 341 g/mol. The molecule has 0 saturated carbocycles. The summed E-state index contributed by atoms with van der Waals surface area (Å²) in [4.78, 5) is 13.6. The summed E-state index contributed by atoms with van der Waals surface area (Å²) in [6, 6.07) is 26.0. The fourth-order valence-corrected chi connectivity index (χ4v) is 3.51. The number of nitrogens with zero attached hydrogens (tertiary/aromatic N) is 1. The number of Topliss-reactive ketones (excluding diaryl/α,β-unsaturated/α-hetero) is 1. The van der Waals surface area contributed by atoms with Crippen LogP contribution in [-0.2, 0) is 12.6 Å². The summed E-state index contributed by atoms with van der Waals surface area (Å²) in [6.45, 7) is 0. The van der Waals surface area contributed by atoms with Crippen molar-refractivity contribution in [2.75, 3.05) is 0 Å². The molecule has 0 atom stereocenters. The van der Waals surface area contributed by atoms with Crippen LogP contribution in [-0.4, -0.2) is 15.5 Å². The van der Waals surface area contributed by atoms with Gasteiger partial charge in [-0.25, -0.2) is 0 Å². The van der Waals surface area contributed by atoms with Crippen molar-refractivity contribution in [3.8, 4) is 0 Å². The summed E-state index contributed by atoms with van der Waals surface area (Å²) in [7, 11) is 1.91. The van der Waals surface area contributed by atoms with E-state index in [1.54, 1.807) is 30.5 Å². The largest absolute Gasteiger partial charge is 0.373 e. The van der Waals surface area contributed by atoms with Gasteiger partial charge in [0.25, 0.3) is 0 Å². The lowest BCUT2D eigenvalue weighted by atomic mass is 9.80. The second kappa shape index (κ2) is 6.28. The quantitative estimate of drug-likeness (QED) is 0.563. The number of ketones is 1. The maximum Gasteiger partial charge on any atom is 0.205 e. The second-order valence-corrected chi connectivity index (χ2v) is 6.44. The molecule has 4 rings (SSSR count). The summed E-state index contributed by atoms with van der Waals surface area (Å²) < 4.78 is 1.92. The van der Waals surface area contributed by atoms with E-state index in [4.69, 9.17) is 0 Å². The third-order valence-electron chi connectivity index (χ3n) is 4.85. The Labute approximate surface area is 152 Å². The van der Waals surface area contributed by atoms with Gasteiger partial charge in [0.05, 0.1) is 0 Å². The molecule has 0 bridgehead atoms. The summed E-state index contributed by atoms with van der Waals surface area (Å²) in [6.07, 6.45) is 1.80. The highest BCUT2D eigenvalue weighted by Crippen LogP contribution is 2.35. The first-order valence-corrected chi connectivity index (χ1v) is 8.54. The first kappa shape index (κ1) is 16.3. The molecule has 26 heavy (non-hydrogen) atoms. The molecule has 0 spiro atoms. The number of hydrogen-bond acceptors (Lipinski definition) is 2. The number of fused-ring (bicyclic) bond motifs is 1. The molecular weight excluding hydrogens is 322 g/mol. The topological polar surface area (TPSA) is 42.2 Å².